The summed E-state index contributed by atoms with van der Waals surface area (Å²) < 4.78 is 0. The topological polar surface area (TPSA) is 12.0 Å². The maximum Gasteiger partial charge on any atom is 0.00667 e. The van der Waals surface area contributed by atoms with Crippen LogP contribution in [0, 0.1) is 11.3 Å². The molecule has 0 saturated heterocycles. The van der Waals surface area contributed by atoms with Crippen LogP contribution in [0.2, 0.25) is 0 Å². The minimum atomic E-state index is 0.432. The average Bonchev–Trinajstić information content (AvgIpc) is 1.99. The molecule has 0 aromatic heterocycles. The van der Waals surface area contributed by atoms with Crippen molar-refractivity contribution in [2.75, 3.05) is 0 Å². The standard InChI is InChI=1S/C13H29N/c1-8-10(2)12(4)14-11(3)9-13(5,6)7/h10-12,14H,8-9H2,1-7H3. The Morgan fingerprint density at radius 2 is 1.57 bits per heavy atom. The number of nitrogens with one attached hydrogen (secondary N) is 1. The largest absolute Gasteiger partial charge is 0.311 e. The summed E-state index contributed by atoms with van der Waals surface area (Å²) >= 11 is 0. The average molecular weight is 199 g/mol. The molecule has 1 heteroatoms. The van der Waals surface area contributed by atoms with E-state index in [1.807, 2.05) is 0 Å². The molecule has 14 heavy (non-hydrogen) atoms. The zero-order chi connectivity index (χ0) is 11.4. The molecule has 0 rings (SSSR count). The van der Waals surface area contributed by atoms with Gasteiger partial charge in [0.2, 0.25) is 0 Å². The van der Waals surface area contributed by atoms with Crippen LogP contribution in [0.3, 0.4) is 0 Å². The first-order chi connectivity index (χ1) is 6.26. The van der Waals surface area contributed by atoms with Crippen LogP contribution in [-0.4, -0.2) is 12.1 Å². The third-order valence-electron chi connectivity index (χ3n) is 2.96. The van der Waals surface area contributed by atoms with E-state index in [1.165, 1.54) is 12.8 Å². The van der Waals surface area contributed by atoms with Crippen molar-refractivity contribution in [3.05, 3.63) is 0 Å². The van der Waals surface area contributed by atoms with Crippen LogP contribution in [0.5, 0.6) is 0 Å². The highest BCUT2D eigenvalue weighted by Gasteiger charge is 2.18. The third-order valence-corrected chi connectivity index (χ3v) is 2.96. The van der Waals surface area contributed by atoms with Gasteiger partial charge < -0.3 is 5.32 Å². The molecule has 0 aromatic rings. The maximum absolute atomic E-state index is 3.69. The van der Waals surface area contributed by atoms with Crippen molar-refractivity contribution in [1.82, 2.24) is 5.32 Å². The molecule has 0 spiro atoms. The van der Waals surface area contributed by atoms with E-state index in [2.05, 4.69) is 53.8 Å². The Labute approximate surface area is 90.7 Å². The highest BCUT2D eigenvalue weighted by atomic mass is 14.9. The second-order valence-electron chi connectivity index (χ2n) is 6.01. The Kier molecular flexibility index (Phi) is 5.73. The normalized spacial score (nSPS) is 19.1. The number of hydrogen-bond acceptors (Lipinski definition) is 1. The van der Waals surface area contributed by atoms with Crippen molar-refractivity contribution in [2.24, 2.45) is 11.3 Å². The molecule has 0 aliphatic heterocycles. The van der Waals surface area contributed by atoms with Crippen molar-refractivity contribution in [3.63, 3.8) is 0 Å². The maximum atomic E-state index is 3.69. The summed E-state index contributed by atoms with van der Waals surface area (Å²) in [6.45, 7) is 16.1. The minimum absolute atomic E-state index is 0.432. The molecular weight excluding hydrogens is 170 g/mol. The van der Waals surface area contributed by atoms with E-state index in [0.717, 1.165) is 5.92 Å². The lowest BCUT2D eigenvalue weighted by Crippen LogP contribution is -2.40. The Bertz CT molecular complexity index is 146. The van der Waals surface area contributed by atoms with Crippen LogP contribution in [0.1, 0.15) is 61.3 Å². The summed E-state index contributed by atoms with van der Waals surface area (Å²) in [7, 11) is 0. The fourth-order valence-corrected chi connectivity index (χ4v) is 1.94. The fraction of sp³-hybridized carbons (Fsp3) is 1.00. The number of hydrogen-bond donors (Lipinski definition) is 1. The second-order valence-corrected chi connectivity index (χ2v) is 6.01. The van der Waals surface area contributed by atoms with Gasteiger partial charge in [-0.05, 0) is 31.6 Å². The van der Waals surface area contributed by atoms with Crippen molar-refractivity contribution in [1.29, 1.82) is 0 Å². The predicted molar refractivity (Wildman–Crippen MR) is 65.6 cm³/mol. The van der Waals surface area contributed by atoms with Gasteiger partial charge in [0.1, 0.15) is 0 Å². The molecule has 0 saturated carbocycles. The summed E-state index contributed by atoms with van der Waals surface area (Å²) in [5.41, 5.74) is 0.432. The fourth-order valence-electron chi connectivity index (χ4n) is 1.94. The molecule has 1 N–H and O–H groups in total. The molecule has 0 aliphatic carbocycles. The summed E-state index contributed by atoms with van der Waals surface area (Å²) in [5.74, 6) is 0.775. The highest BCUT2D eigenvalue weighted by Crippen LogP contribution is 2.21. The molecule has 0 fully saturated rings. The van der Waals surface area contributed by atoms with Crippen molar-refractivity contribution >= 4 is 0 Å². The van der Waals surface area contributed by atoms with E-state index in [0.29, 0.717) is 17.5 Å². The van der Waals surface area contributed by atoms with Gasteiger partial charge in [-0.2, -0.15) is 0 Å². The lowest BCUT2D eigenvalue weighted by molar-refractivity contribution is 0.279. The molecule has 86 valence electrons. The monoisotopic (exact) mass is 199 g/mol. The van der Waals surface area contributed by atoms with Gasteiger partial charge in [0.05, 0.1) is 0 Å². The van der Waals surface area contributed by atoms with Gasteiger partial charge in [0.15, 0.2) is 0 Å². The Hall–Kier alpha value is -0.0400. The molecule has 0 amide bonds. The van der Waals surface area contributed by atoms with Gasteiger partial charge in [-0.15, -0.1) is 0 Å². The molecule has 1 nitrogen and oxygen atoms in total. The van der Waals surface area contributed by atoms with Crippen molar-refractivity contribution in [2.45, 2.75) is 73.4 Å². The molecule has 3 unspecified atom stereocenters. The minimum Gasteiger partial charge on any atom is -0.311 e. The molecular formula is C13H29N. The second kappa shape index (κ2) is 5.75. The lowest BCUT2D eigenvalue weighted by atomic mass is 9.88. The first-order valence-corrected chi connectivity index (χ1v) is 6.02. The molecule has 3 atom stereocenters. The van der Waals surface area contributed by atoms with Crippen LogP contribution < -0.4 is 5.32 Å². The zero-order valence-corrected chi connectivity index (χ0v) is 11.1. The van der Waals surface area contributed by atoms with Gasteiger partial charge in [0, 0.05) is 12.1 Å². The van der Waals surface area contributed by atoms with E-state index >= 15 is 0 Å². The van der Waals surface area contributed by atoms with Crippen molar-refractivity contribution < 1.29 is 0 Å². The van der Waals surface area contributed by atoms with Gasteiger partial charge >= 0.3 is 0 Å². The third kappa shape index (κ3) is 6.42. The van der Waals surface area contributed by atoms with Gasteiger partial charge in [-0.3, -0.25) is 0 Å². The van der Waals surface area contributed by atoms with Gasteiger partial charge in [-0.1, -0.05) is 41.0 Å². The molecule has 0 bridgehead atoms. The van der Waals surface area contributed by atoms with E-state index < -0.39 is 0 Å². The van der Waals surface area contributed by atoms with E-state index in [-0.39, 0.29) is 0 Å². The Morgan fingerprint density at radius 3 is 1.93 bits per heavy atom. The van der Waals surface area contributed by atoms with Gasteiger partial charge in [0.25, 0.3) is 0 Å². The summed E-state index contributed by atoms with van der Waals surface area (Å²) in [6, 6.07) is 1.26. The van der Waals surface area contributed by atoms with E-state index in [4.69, 9.17) is 0 Å². The lowest BCUT2D eigenvalue weighted by Gasteiger charge is -2.29. The quantitative estimate of drug-likeness (QED) is 0.709. The molecule has 0 heterocycles. The summed E-state index contributed by atoms with van der Waals surface area (Å²) in [6.07, 6.45) is 2.50. The van der Waals surface area contributed by atoms with Crippen LogP contribution in [-0.2, 0) is 0 Å². The van der Waals surface area contributed by atoms with Gasteiger partial charge in [-0.25, -0.2) is 0 Å². The van der Waals surface area contributed by atoms with Crippen LogP contribution in [0.15, 0.2) is 0 Å². The first kappa shape index (κ1) is 14.0. The molecule has 0 aromatic carbocycles. The first-order valence-electron chi connectivity index (χ1n) is 6.02. The summed E-state index contributed by atoms with van der Waals surface area (Å²) in [4.78, 5) is 0. The summed E-state index contributed by atoms with van der Waals surface area (Å²) in [5, 5.41) is 3.69. The molecule has 0 aliphatic rings. The zero-order valence-electron chi connectivity index (χ0n) is 11.1. The van der Waals surface area contributed by atoms with Crippen LogP contribution in [0.4, 0.5) is 0 Å². The SMILES string of the molecule is CCC(C)C(C)NC(C)CC(C)(C)C. The van der Waals surface area contributed by atoms with E-state index in [1.54, 1.807) is 0 Å². The smallest absolute Gasteiger partial charge is 0.00667 e. The number of rotatable bonds is 5. The molecule has 0 radical (unpaired) electrons. The van der Waals surface area contributed by atoms with E-state index in [9.17, 15) is 0 Å². The predicted octanol–water partition coefficient (Wildman–Crippen LogP) is 3.84. The van der Waals surface area contributed by atoms with Crippen molar-refractivity contribution in [3.8, 4) is 0 Å². The highest BCUT2D eigenvalue weighted by molar-refractivity contribution is 4.75. The van der Waals surface area contributed by atoms with Crippen LogP contribution >= 0.6 is 0 Å². The Balaban J connectivity index is 3.88. The Morgan fingerprint density at radius 1 is 1.07 bits per heavy atom. The van der Waals surface area contributed by atoms with Crippen LogP contribution in [0.25, 0.3) is 0 Å².